The van der Waals surface area contributed by atoms with Gasteiger partial charge in [0.15, 0.2) is 0 Å². The molecule has 0 spiro atoms. The molecule has 5 rings (SSSR count). The second-order valence-corrected chi connectivity index (χ2v) is 9.28. The van der Waals surface area contributed by atoms with E-state index in [2.05, 4.69) is 10.3 Å². The van der Waals surface area contributed by atoms with Crippen LogP contribution in [0.1, 0.15) is 57.9 Å². The summed E-state index contributed by atoms with van der Waals surface area (Å²) in [7, 11) is 0. The molecule has 0 atom stereocenters. The number of anilines is 1. The molecule has 0 aliphatic heterocycles. The lowest BCUT2D eigenvalue weighted by Crippen LogP contribution is -2.36. The van der Waals surface area contributed by atoms with Crippen LogP contribution in [0.4, 0.5) is 10.3 Å². The van der Waals surface area contributed by atoms with Gasteiger partial charge in [0.05, 0.1) is 22.7 Å². The fourth-order valence-corrected chi connectivity index (χ4v) is 4.55. The van der Waals surface area contributed by atoms with E-state index in [0.29, 0.717) is 23.0 Å². The van der Waals surface area contributed by atoms with Gasteiger partial charge in [-0.1, -0.05) is 0 Å². The summed E-state index contributed by atoms with van der Waals surface area (Å²) >= 11 is 0. The molecule has 1 aromatic carbocycles. The zero-order valence-electron chi connectivity index (χ0n) is 18.2. The summed E-state index contributed by atoms with van der Waals surface area (Å²) in [4.78, 5) is 22.4. The van der Waals surface area contributed by atoms with E-state index in [4.69, 9.17) is 4.98 Å². The monoisotopic (exact) mass is 437 g/mol. The average Bonchev–Trinajstić information content (AvgIpc) is 3.06. The fourth-order valence-electron chi connectivity index (χ4n) is 4.55. The van der Waals surface area contributed by atoms with E-state index in [9.17, 15) is 14.3 Å². The Morgan fingerprint density at radius 3 is 2.50 bits per heavy atom. The first-order chi connectivity index (χ1) is 15.4. The van der Waals surface area contributed by atoms with Crippen molar-refractivity contribution in [3.8, 4) is 17.1 Å². The standard InChI is InChI=1S/C24H28FN5O2/c1-24(32)12-9-17(10-13-24)27-22-26-14-11-20(28-22)21-15-29(18-3-2-4-18)23(31)30(21)19-7-5-16(25)6-8-19/h5-8,11,14-15,17-18,32H,2-4,9-10,12-13H2,1H3,(H,26,27,28). The van der Waals surface area contributed by atoms with Gasteiger partial charge in [-0.25, -0.2) is 19.2 Å². The molecule has 0 saturated heterocycles. The van der Waals surface area contributed by atoms with Crippen molar-refractivity contribution in [1.29, 1.82) is 0 Å². The quantitative estimate of drug-likeness (QED) is 0.629. The fraction of sp³-hybridized carbons (Fsp3) is 0.458. The van der Waals surface area contributed by atoms with Crippen LogP contribution in [-0.4, -0.2) is 35.9 Å². The molecular formula is C24H28FN5O2. The van der Waals surface area contributed by atoms with Gasteiger partial charge in [0.2, 0.25) is 5.95 Å². The lowest BCUT2D eigenvalue weighted by molar-refractivity contribution is 0.0195. The lowest BCUT2D eigenvalue weighted by atomic mass is 9.84. The molecule has 2 aliphatic carbocycles. The maximum Gasteiger partial charge on any atom is 0.333 e. The first kappa shape index (κ1) is 20.9. The molecule has 3 aromatic rings. The van der Waals surface area contributed by atoms with Crippen molar-refractivity contribution in [3.05, 3.63) is 59.0 Å². The molecule has 0 bridgehead atoms. The Kier molecular flexibility index (Phi) is 5.33. The van der Waals surface area contributed by atoms with Gasteiger partial charge in [0, 0.05) is 24.5 Å². The molecule has 32 heavy (non-hydrogen) atoms. The summed E-state index contributed by atoms with van der Waals surface area (Å²) in [5.41, 5.74) is 1.15. The van der Waals surface area contributed by atoms with Crippen molar-refractivity contribution in [2.75, 3.05) is 5.32 Å². The van der Waals surface area contributed by atoms with E-state index in [0.717, 1.165) is 44.9 Å². The third-order valence-corrected chi connectivity index (χ3v) is 6.78. The predicted molar refractivity (Wildman–Crippen MR) is 120 cm³/mol. The molecule has 168 valence electrons. The van der Waals surface area contributed by atoms with E-state index in [-0.39, 0.29) is 23.6 Å². The molecule has 7 nitrogen and oxygen atoms in total. The topological polar surface area (TPSA) is 85.0 Å². The zero-order chi connectivity index (χ0) is 22.3. The average molecular weight is 438 g/mol. The third-order valence-electron chi connectivity index (χ3n) is 6.78. The van der Waals surface area contributed by atoms with E-state index in [1.807, 2.05) is 13.1 Å². The van der Waals surface area contributed by atoms with Gasteiger partial charge in [-0.2, -0.15) is 0 Å². The first-order valence-electron chi connectivity index (χ1n) is 11.3. The van der Waals surface area contributed by atoms with Crippen molar-refractivity contribution in [2.24, 2.45) is 0 Å². The van der Waals surface area contributed by atoms with E-state index >= 15 is 0 Å². The molecule has 0 amide bonds. The number of hydrogen-bond donors (Lipinski definition) is 2. The number of halogens is 1. The zero-order valence-corrected chi connectivity index (χ0v) is 18.2. The second-order valence-electron chi connectivity index (χ2n) is 9.28. The number of nitrogens with zero attached hydrogens (tertiary/aromatic N) is 4. The Morgan fingerprint density at radius 1 is 1.12 bits per heavy atom. The van der Waals surface area contributed by atoms with Crippen molar-refractivity contribution < 1.29 is 9.50 Å². The predicted octanol–water partition coefficient (Wildman–Crippen LogP) is 4.07. The van der Waals surface area contributed by atoms with Crippen LogP contribution in [0, 0.1) is 5.82 Å². The van der Waals surface area contributed by atoms with Crippen molar-refractivity contribution in [2.45, 2.75) is 69.6 Å². The Hall–Kier alpha value is -3.00. The van der Waals surface area contributed by atoms with Crippen LogP contribution in [0.25, 0.3) is 17.1 Å². The Bertz CT molecular complexity index is 1150. The molecule has 2 saturated carbocycles. The molecule has 0 radical (unpaired) electrons. The van der Waals surface area contributed by atoms with Gasteiger partial charge < -0.3 is 10.4 Å². The SMILES string of the molecule is CC1(O)CCC(Nc2nccc(-c3cn(C4CCC4)c(=O)n3-c3ccc(F)cc3)n2)CC1. The Morgan fingerprint density at radius 2 is 1.84 bits per heavy atom. The highest BCUT2D eigenvalue weighted by Crippen LogP contribution is 2.33. The third kappa shape index (κ3) is 4.07. The number of benzene rings is 1. The van der Waals surface area contributed by atoms with Crippen LogP contribution in [0.3, 0.4) is 0 Å². The van der Waals surface area contributed by atoms with Crippen LogP contribution in [0.2, 0.25) is 0 Å². The minimum absolute atomic E-state index is 0.140. The highest BCUT2D eigenvalue weighted by molar-refractivity contribution is 5.59. The van der Waals surface area contributed by atoms with Gasteiger partial charge in [0.1, 0.15) is 5.82 Å². The van der Waals surface area contributed by atoms with Crippen molar-refractivity contribution in [3.63, 3.8) is 0 Å². The molecular weight excluding hydrogens is 409 g/mol. The molecule has 2 fully saturated rings. The largest absolute Gasteiger partial charge is 0.390 e. The minimum atomic E-state index is -0.601. The van der Waals surface area contributed by atoms with Crippen molar-refractivity contribution in [1.82, 2.24) is 19.1 Å². The summed E-state index contributed by atoms with van der Waals surface area (Å²) in [6, 6.07) is 8.12. The van der Waals surface area contributed by atoms with E-state index in [1.54, 1.807) is 33.5 Å². The number of hydrogen-bond acceptors (Lipinski definition) is 5. The summed E-state index contributed by atoms with van der Waals surface area (Å²) < 4.78 is 16.9. The van der Waals surface area contributed by atoms with Crippen LogP contribution in [0.5, 0.6) is 0 Å². The summed E-state index contributed by atoms with van der Waals surface area (Å²) in [6.45, 7) is 1.88. The second kappa shape index (κ2) is 8.16. The molecule has 0 unspecified atom stereocenters. The van der Waals surface area contributed by atoms with E-state index < -0.39 is 5.60 Å². The highest BCUT2D eigenvalue weighted by atomic mass is 19.1. The first-order valence-corrected chi connectivity index (χ1v) is 11.3. The van der Waals surface area contributed by atoms with Gasteiger partial charge >= 0.3 is 5.69 Å². The number of rotatable bonds is 5. The smallest absolute Gasteiger partial charge is 0.333 e. The minimum Gasteiger partial charge on any atom is -0.390 e. The van der Waals surface area contributed by atoms with Crippen LogP contribution in [0.15, 0.2) is 47.5 Å². The highest BCUT2D eigenvalue weighted by Gasteiger charge is 2.29. The molecule has 2 heterocycles. The van der Waals surface area contributed by atoms with Crippen LogP contribution < -0.4 is 11.0 Å². The number of nitrogens with one attached hydrogen (secondary N) is 1. The summed E-state index contributed by atoms with van der Waals surface area (Å²) in [5, 5.41) is 13.6. The van der Waals surface area contributed by atoms with Gasteiger partial charge in [0.25, 0.3) is 0 Å². The van der Waals surface area contributed by atoms with Crippen molar-refractivity contribution >= 4 is 5.95 Å². The number of aromatic nitrogens is 4. The van der Waals surface area contributed by atoms with Crippen LogP contribution in [-0.2, 0) is 0 Å². The Balaban J connectivity index is 1.49. The molecule has 2 aliphatic rings. The van der Waals surface area contributed by atoms with E-state index in [1.165, 1.54) is 12.1 Å². The molecule has 2 N–H and O–H groups in total. The number of imidazole rings is 1. The summed E-state index contributed by atoms with van der Waals surface area (Å²) in [5.74, 6) is 0.158. The summed E-state index contributed by atoms with van der Waals surface area (Å²) in [6.07, 6.45) is 9.78. The molecule has 8 heteroatoms. The maximum absolute atomic E-state index is 13.5. The Labute approximate surface area is 186 Å². The normalized spacial score (nSPS) is 23.7. The van der Waals surface area contributed by atoms with Gasteiger partial charge in [-0.3, -0.25) is 9.13 Å². The van der Waals surface area contributed by atoms with Crippen LogP contribution >= 0.6 is 0 Å². The number of aliphatic hydroxyl groups is 1. The molecule has 2 aromatic heterocycles. The lowest BCUT2D eigenvalue weighted by Gasteiger charge is -2.33. The van der Waals surface area contributed by atoms with Gasteiger partial charge in [-0.05, 0) is 82.2 Å². The maximum atomic E-state index is 13.5. The van der Waals surface area contributed by atoms with Gasteiger partial charge in [-0.15, -0.1) is 0 Å².